The molecule has 0 unspecified atom stereocenters. The summed E-state index contributed by atoms with van der Waals surface area (Å²) in [5, 5.41) is 6.20. The summed E-state index contributed by atoms with van der Waals surface area (Å²) in [6, 6.07) is 0.841. The van der Waals surface area contributed by atoms with Crippen LogP contribution in [0.3, 0.4) is 0 Å². The topological polar surface area (TPSA) is 72.0 Å². The van der Waals surface area contributed by atoms with Gasteiger partial charge in [0.15, 0.2) is 0 Å². The van der Waals surface area contributed by atoms with Crippen LogP contribution in [0.2, 0.25) is 0 Å². The molecule has 0 bridgehead atoms. The molecule has 0 radical (unpaired) electrons. The Morgan fingerprint density at radius 1 is 1.24 bits per heavy atom. The lowest BCUT2D eigenvalue weighted by molar-refractivity contribution is 0.302. The second kappa shape index (κ2) is 5.16. The van der Waals surface area contributed by atoms with E-state index < -0.39 is 0 Å². The fourth-order valence-electron chi connectivity index (χ4n) is 1.93. The van der Waals surface area contributed by atoms with Crippen LogP contribution in [0.4, 0.5) is 11.9 Å². The second-order valence-corrected chi connectivity index (χ2v) is 4.37. The largest absolute Gasteiger partial charge is 0.464 e. The molecule has 0 aromatic carbocycles. The van der Waals surface area contributed by atoms with Crippen molar-refractivity contribution in [2.45, 2.75) is 32.7 Å². The van der Waals surface area contributed by atoms with E-state index in [2.05, 4.69) is 32.5 Å². The summed E-state index contributed by atoms with van der Waals surface area (Å²) in [5.74, 6) is 1.91. The first-order chi connectivity index (χ1) is 8.21. The Hall–Kier alpha value is -1.59. The zero-order valence-corrected chi connectivity index (χ0v) is 10.5. The molecule has 0 spiro atoms. The zero-order chi connectivity index (χ0) is 12.3. The summed E-state index contributed by atoms with van der Waals surface area (Å²) in [6.07, 6.45) is 2.34. The summed E-state index contributed by atoms with van der Waals surface area (Å²) in [6.45, 7) is 4.70. The van der Waals surface area contributed by atoms with E-state index in [0.717, 1.165) is 5.92 Å². The molecule has 17 heavy (non-hydrogen) atoms. The van der Waals surface area contributed by atoms with Crippen LogP contribution in [0.15, 0.2) is 0 Å². The smallest absolute Gasteiger partial charge is 0.323 e. The number of hydrogen-bond acceptors (Lipinski definition) is 6. The predicted octanol–water partition coefficient (Wildman–Crippen LogP) is 1.52. The second-order valence-electron chi connectivity index (χ2n) is 4.37. The Labute approximate surface area is 101 Å². The van der Waals surface area contributed by atoms with Crippen molar-refractivity contribution in [3.63, 3.8) is 0 Å². The number of nitrogens with one attached hydrogen (secondary N) is 2. The standard InChI is InChI=1S/C11H19N5O/c1-4-17-11-15-9(12-3)14-10(16-11)13-8-5-7(2)6-8/h7-8H,4-6H2,1-3H3,(H2,12,13,14,15,16). The van der Waals surface area contributed by atoms with Gasteiger partial charge in [0, 0.05) is 13.1 Å². The zero-order valence-electron chi connectivity index (χ0n) is 10.5. The SMILES string of the molecule is CCOc1nc(NC)nc(NC2CC(C)C2)n1. The van der Waals surface area contributed by atoms with Gasteiger partial charge in [0.25, 0.3) is 0 Å². The molecule has 1 aliphatic carbocycles. The van der Waals surface area contributed by atoms with Crippen molar-refractivity contribution in [1.29, 1.82) is 0 Å². The Morgan fingerprint density at radius 2 is 1.94 bits per heavy atom. The number of aromatic nitrogens is 3. The number of nitrogens with zero attached hydrogens (tertiary/aromatic N) is 3. The predicted molar refractivity (Wildman–Crippen MR) is 66.4 cm³/mol. The maximum atomic E-state index is 5.30. The molecule has 2 N–H and O–H groups in total. The molecule has 1 aliphatic rings. The Bertz CT molecular complexity index is 378. The van der Waals surface area contributed by atoms with Crippen molar-refractivity contribution in [1.82, 2.24) is 15.0 Å². The molecule has 0 saturated heterocycles. The third kappa shape index (κ3) is 2.95. The normalized spacial score (nSPS) is 22.8. The van der Waals surface area contributed by atoms with Crippen LogP contribution >= 0.6 is 0 Å². The number of anilines is 2. The van der Waals surface area contributed by atoms with Gasteiger partial charge < -0.3 is 15.4 Å². The molecule has 94 valence electrons. The van der Waals surface area contributed by atoms with Gasteiger partial charge in [-0.15, -0.1) is 0 Å². The van der Waals surface area contributed by atoms with E-state index in [0.29, 0.717) is 30.6 Å². The van der Waals surface area contributed by atoms with E-state index in [1.54, 1.807) is 7.05 Å². The van der Waals surface area contributed by atoms with Gasteiger partial charge in [0.2, 0.25) is 11.9 Å². The fraction of sp³-hybridized carbons (Fsp3) is 0.727. The summed E-state index contributed by atoms with van der Waals surface area (Å²) >= 11 is 0. The van der Waals surface area contributed by atoms with Crippen LogP contribution in [0.5, 0.6) is 6.01 Å². The third-order valence-corrected chi connectivity index (χ3v) is 2.82. The lowest BCUT2D eigenvalue weighted by Crippen LogP contribution is -2.34. The molecule has 1 saturated carbocycles. The van der Waals surface area contributed by atoms with Gasteiger partial charge in [-0.2, -0.15) is 15.0 Å². The fourth-order valence-corrected chi connectivity index (χ4v) is 1.93. The molecule has 0 amide bonds. The van der Waals surface area contributed by atoms with Gasteiger partial charge in [0.05, 0.1) is 6.61 Å². The van der Waals surface area contributed by atoms with Crippen molar-refractivity contribution in [2.75, 3.05) is 24.3 Å². The van der Waals surface area contributed by atoms with Crippen molar-refractivity contribution in [3.05, 3.63) is 0 Å². The van der Waals surface area contributed by atoms with Gasteiger partial charge in [-0.25, -0.2) is 0 Å². The summed E-state index contributed by atoms with van der Waals surface area (Å²) < 4.78 is 5.30. The highest BCUT2D eigenvalue weighted by Crippen LogP contribution is 2.28. The Morgan fingerprint density at radius 3 is 2.53 bits per heavy atom. The van der Waals surface area contributed by atoms with Crippen LogP contribution in [0.25, 0.3) is 0 Å². The molecule has 2 rings (SSSR count). The Kier molecular flexibility index (Phi) is 3.61. The van der Waals surface area contributed by atoms with Crippen molar-refractivity contribution >= 4 is 11.9 Å². The maximum absolute atomic E-state index is 5.30. The molecule has 6 nitrogen and oxygen atoms in total. The van der Waals surface area contributed by atoms with Crippen LogP contribution in [0.1, 0.15) is 26.7 Å². The molecular formula is C11H19N5O. The first kappa shape index (κ1) is 11.9. The van der Waals surface area contributed by atoms with Crippen LogP contribution < -0.4 is 15.4 Å². The summed E-state index contributed by atoms with van der Waals surface area (Å²) in [4.78, 5) is 12.6. The average molecular weight is 237 g/mol. The highest BCUT2D eigenvalue weighted by molar-refractivity contribution is 5.36. The van der Waals surface area contributed by atoms with E-state index in [4.69, 9.17) is 4.74 Å². The van der Waals surface area contributed by atoms with E-state index >= 15 is 0 Å². The molecule has 1 heterocycles. The van der Waals surface area contributed by atoms with Crippen LogP contribution in [0, 0.1) is 5.92 Å². The molecule has 0 atom stereocenters. The minimum absolute atomic E-state index is 0.363. The molecule has 1 aromatic rings. The van der Waals surface area contributed by atoms with E-state index in [1.165, 1.54) is 12.8 Å². The quantitative estimate of drug-likeness (QED) is 0.809. The van der Waals surface area contributed by atoms with Crippen LogP contribution in [-0.4, -0.2) is 34.6 Å². The van der Waals surface area contributed by atoms with E-state index in [-0.39, 0.29) is 0 Å². The molecular weight excluding hydrogens is 218 g/mol. The molecule has 0 aliphatic heterocycles. The number of hydrogen-bond donors (Lipinski definition) is 2. The minimum atomic E-state index is 0.363. The van der Waals surface area contributed by atoms with Crippen LogP contribution in [-0.2, 0) is 0 Å². The monoisotopic (exact) mass is 237 g/mol. The van der Waals surface area contributed by atoms with Gasteiger partial charge >= 0.3 is 6.01 Å². The third-order valence-electron chi connectivity index (χ3n) is 2.82. The molecule has 1 aromatic heterocycles. The number of ether oxygens (including phenoxy) is 1. The lowest BCUT2D eigenvalue weighted by atomic mass is 9.82. The van der Waals surface area contributed by atoms with E-state index in [9.17, 15) is 0 Å². The highest BCUT2D eigenvalue weighted by Gasteiger charge is 2.26. The van der Waals surface area contributed by atoms with Crippen molar-refractivity contribution in [3.8, 4) is 6.01 Å². The summed E-state index contributed by atoms with van der Waals surface area (Å²) in [5.41, 5.74) is 0. The van der Waals surface area contributed by atoms with Crippen molar-refractivity contribution < 1.29 is 4.74 Å². The number of rotatable bonds is 5. The Balaban J connectivity index is 2.06. The van der Waals surface area contributed by atoms with Gasteiger partial charge in [-0.1, -0.05) is 6.92 Å². The lowest BCUT2D eigenvalue weighted by Gasteiger charge is -2.33. The van der Waals surface area contributed by atoms with Crippen molar-refractivity contribution in [2.24, 2.45) is 5.92 Å². The first-order valence-electron chi connectivity index (χ1n) is 6.04. The average Bonchev–Trinajstić information content (AvgIpc) is 2.27. The van der Waals surface area contributed by atoms with Gasteiger partial charge in [-0.3, -0.25) is 0 Å². The first-order valence-corrected chi connectivity index (χ1v) is 6.04. The van der Waals surface area contributed by atoms with Gasteiger partial charge in [-0.05, 0) is 25.7 Å². The maximum Gasteiger partial charge on any atom is 0.323 e. The minimum Gasteiger partial charge on any atom is -0.464 e. The highest BCUT2D eigenvalue weighted by atomic mass is 16.5. The molecule has 1 fully saturated rings. The summed E-state index contributed by atoms with van der Waals surface area (Å²) in [7, 11) is 1.78. The van der Waals surface area contributed by atoms with E-state index in [1.807, 2.05) is 6.92 Å². The van der Waals surface area contributed by atoms with Gasteiger partial charge in [0.1, 0.15) is 0 Å². The molecule has 6 heteroatoms.